The summed E-state index contributed by atoms with van der Waals surface area (Å²) in [6.45, 7) is 4.90. The molecule has 0 unspecified atom stereocenters. The van der Waals surface area contributed by atoms with Gasteiger partial charge in [0.2, 0.25) is 0 Å². The summed E-state index contributed by atoms with van der Waals surface area (Å²) in [6.07, 6.45) is 0. The number of piperazine rings is 1. The number of anilines is 2. The maximum atomic E-state index is 12.8. The first kappa shape index (κ1) is 21.4. The fourth-order valence-electron chi connectivity index (χ4n) is 3.44. The highest BCUT2D eigenvalue weighted by molar-refractivity contribution is 6.05. The third-order valence-electron chi connectivity index (χ3n) is 5.26. The lowest BCUT2D eigenvalue weighted by Gasteiger charge is -2.33. The van der Waals surface area contributed by atoms with Gasteiger partial charge < -0.3 is 24.6 Å². The van der Waals surface area contributed by atoms with Crippen LogP contribution in [0.4, 0.5) is 17.1 Å². The number of rotatable bonds is 6. The fourth-order valence-corrected chi connectivity index (χ4v) is 3.44. The smallest absolute Gasteiger partial charge is 0.293 e. The molecular weight excluding hydrogens is 388 g/mol. The van der Waals surface area contributed by atoms with E-state index in [2.05, 4.69) is 10.2 Å². The second-order valence-corrected chi connectivity index (χ2v) is 7.23. The van der Waals surface area contributed by atoms with Crippen molar-refractivity contribution in [2.75, 3.05) is 57.7 Å². The zero-order valence-corrected chi connectivity index (χ0v) is 17.6. The van der Waals surface area contributed by atoms with Gasteiger partial charge in [0.05, 0.1) is 19.1 Å². The molecule has 1 aliphatic heterocycles. The Morgan fingerprint density at radius 2 is 1.70 bits per heavy atom. The summed E-state index contributed by atoms with van der Waals surface area (Å²) in [7, 11) is 5.07. The van der Waals surface area contributed by atoms with Crippen LogP contribution in [0.25, 0.3) is 0 Å². The van der Waals surface area contributed by atoms with Gasteiger partial charge in [0.1, 0.15) is 5.69 Å². The van der Waals surface area contributed by atoms with Crippen molar-refractivity contribution in [3.05, 3.63) is 51.6 Å². The van der Waals surface area contributed by atoms with Gasteiger partial charge in [-0.1, -0.05) is 0 Å². The predicted octanol–water partition coefficient (Wildman–Crippen LogP) is 2.92. The molecule has 1 aliphatic rings. The van der Waals surface area contributed by atoms with Crippen LogP contribution in [0.3, 0.4) is 0 Å². The summed E-state index contributed by atoms with van der Waals surface area (Å²) >= 11 is 0. The molecule has 0 aliphatic carbocycles. The van der Waals surface area contributed by atoms with Crippen molar-refractivity contribution in [1.82, 2.24) is 4.90 Å². The number of ether oxygens (including phenoxy) is 2. The number of nitro groups is 1. The first-order valence-corrected chi connectivity index (χ1v) is 9.60. The molecule has 0 atom stereocenters. The highest BCUT2D eigenvalue weighted by atomic mass is 16.6. The summed E-state index contributed by atoms with van der Waals surface area (Å²) in [5.41, 5.74) is 2.00. The molecule has 9 nitrogen and oxygen atoms in total. The van der Waals surface area contributed by atoms with Gasteiger partial charge in [-0.2, -0.15) is 0 Å². The topological polar surface area (TPSA) is 97.2 Å². The number of carbonyl (C=O) groups is 1. The SMILES string of the molecule is COc1cc(C)c(NC(=O)c2ccc(N3CCN(C)CC3)c([N+](=O)[O-])c2)cc1OC. The molecule has 0 spiro atoms. The Bertz CT molecular complexity index is 955. The number of nitrogens with one attached hydrogen (secondary N) is 1. The van der Waals surface area contributed by atoms with Crippen LogP contribution < -0.4 is 19.7 Å². The van der Waals surface area contributed by atoms with Crippen molar-refractivity contribution < 1.29 is 19.2 Å². The number of nitrogens with zero attached hydrogens (tertiary/aromatic N) is 3. The van der Waals surface area contributed by atoms with Crippen LogP contribution >= 0.6 is 0 Å². The maximum absolute atomic E-state index is 12.8. The molecule has 3 rings (SSSR count). The molecule has 1 fully saturated rings. The van der Waals surface area contributed by atoms with Gasteiger partial charge in [0.25, 0.3) is 11.6 Å². The first-order valence-electron chi connectivity index (χ1n) is 9.60. The van der Waals surface area contributed by atoms with E-state index in [0.29, 0.717) is 36.0 Å². The van der Waals surface area contributed by atoms with Gasteiger partial charge in [0.15, 0.2) is 11.5 Å². The van der Waals surface area contributed by atoms with Crippen molar-refractivity contribution >= 4 is 23.0 Å². The van der Waals surface area contributed by atoms with Gasteiger partial charge in [0, 0.05) is 49.6 Å². The molecule has 1 N–H and O–H groups in total. The van der Waals surface area contributed by atoms with Gasteiger partial charge in [-0.3, -0.25) is 14.9 Å². The van der Waals surface area contributed by atoms with E-state index in [0.717, 1.165) is 18.7 Å². The van der Waals surface area contributed by atoms with Gasteiger partial charge in [-0.25, -0.2) is 0 Å². The first-order chi connectivity index (χ1) is 14.3. The highest BCUT2D eigenvalue weighted by Crippen LogP contribution is 2.34. The fraction of sp³-hybridized carbons (Fsp3) is 0.381. The number of aryl methyl sites for hydroxylation is 1. The minimum absolute atomic E-state index is 0.0729. The van der Waals surface area contributed by atoms with Crippen molar-refractivity contribution in [2.45, 2.75) is 6.92 Å². The number of amides is 1. The Labute approximate surface area is 175 Å². The van der Waals surface area contributed by atoms with Crippen LogP contribution in [0, 0.1) is 17.0 Å². The molecular formula is C21H26N4O5. The average Bonchev–Trinajstić information content (AvgIpc) is 2.74. The van der Waals surface area contributed by atoms with Crippen LogP contribution in [0.15, 0.2) is 30.3 Å². The minimum atomic E-state index is -0.438. The second-order valence-electron chi connectivity index (χ2n) is 7.23. The third kappa shape index (κ3) is 4.46. The van der Waals surface area contributed by atoms with E-state index in [1.54, 1.807) is 24.3 Å². The number of nitro benzene ring substituents is 1. The van der Waals surface area contributed by atoms with Crippen LogP contribution in [-0.2, 0) is 0 Å². The molecule has 2 aromatic carbocycles. The van der Waals surface area contributed by atoms with Gasteiger partial charge in [-0.15, -0.1) is 0 Å². The molecule has 0 bridgehead atoms. The Kier molecular flexibility index (Phi) is 6.41. The van der Waals surface area contributed by atoms with Crippen LogP contribution in [0.5, 0.6) is 11.5 Å². The van der Waals surface area contributed by atoms with Crippen molar-refractivity contribution in [3.8, 4) is 11.5 Å². The van der Waals surface area contributed by atoms with E-state index in [9.17, 15) is 14.9 Å². The Morgan fingerprint density at radius 1 is 1.07 bits per heavy atom. The van der Waals surface area contributed by atoms with E-state index in [1.807, 2.05) is 18.9 Å². The lowest BCUT2D eigenvalue weighted by Crippen LogP contribution is -2.44. The molecule has 0 radical (unpaired) electrons. The molecule has 160 valence electrons. The van der Waals surface area contributed by atoms with E-state index in [-0.39, 0.29) is 11.3 Å². The number of benzene rings is 2. The normalized spacial score (nSPS) is 14.3. The summed E-state index contributed by atoms with van der Waals surface area (Å²) < 4.78 is 10.5. The lowest BCUT2D eigenvalue weighted by molar-refractivity contribution is -0.384. The lowest BCUT2D eigenvalue weighted by atomic mass is 10.1. The molecule has 2 aromatic rings. The molecule has 9 heteroatoms. The van der Waals surface area contributed by atoms with Crippen LogP contribution in [0.1, 0.15) is 15.9 Å². The van der Waals surface area contributed by atoms with Crippen molar-refractivity contribution in [2.24, 2.45) is 0 Å². The quantitative estimate of drug-likeness (QED) is 0.573. The zero-order chi connectivity index (χ0) is 21.8. The van der Waals surface area contributed by atoms with Crippen molar-refractivity contribution in [1.29, 1.82) is 0 Å². The minimum Gasteiger partial charge on any atom is -0.493 e. The van der Waals surface area contributed by atoms with Crippen LogP contribution in [0.2, 0.25) is 0 Å². The summed E-state index contributed by atoms with van der Waals surface area (Å²) in [5, 5.41) is 14.5. The highest BCUT2D eigenvalue weighted by Gasteiger charge is 2.24. The van der Waals surface area contributed by atoms with Gasteiger partial charge in [-0.05, 0) is 37.7 Å². The molecule has 1 saturated heterocycles. The summed E-state index contributed by atoms with van der Waals surface area (Å²) in [5.74, 6) is 0.605. The number of likely N-dealkylation sites (N-methyl/N-ethyl adjacent to an activating group) is 1. The van der Waals surface area contributed by atoms with E-state index >= 15 is 0 Å². The Hall–Kier alpha value is -3.33. The molecule has 0 saturated carbocycles. The Morgan fingerprint density at radius 3 is 2.30 bits per heavy atom. The predicted molar refractivity (Wildman–Crippen MR) is 115 cm³/mol. The van der Waals surface area contributed by atoms with Crippen molar-refractivity contribution in [3.63, 3.8) is 0 Å². The van der Waals surface area contributed by atoms with E-state index < -0.39 is 10.8 Å². The standard InChI is InChI=1S/C21H26N4O5/c1-14-11-19(29-3)20(30-4)13-16(14)22-21(26)15-5-6-17(18(12-15)25(27)28)24-9-7-23(2)8-10-24/h5-6,11-13H,7-10H2,1-4H3,(H,22,26). The van der Waals surface area contributed by atoms with E-state index in [4.69, 9.17) is 9.47 Å². The number of hydrogen-bond acceptors (Lipinski definition) is 7. The third-order valence-corrected chi connectivity index (χ3v) is 5.26. The summed E-state index contributed by atoms with van der Waals surface area (Å²) in [4.78, 5) is 28.2. The molecule has 0 aromatic heterocycles. The zero-order valence-electron chi connectivity index (χ0n) is 17.6. The van der Waals surface area contributed by atoms with Crippen LogP contribution in [-0.4, -0.2) is 63.2 Å². The number of hydrogen-bond donors (Lipinski definition) is 1. The maximum Gasteiger partial charge on any atom is 0.293 e. The summed E-state index contributed by atoms with van der Waals surface area (Å²) in [6, 6.07) is 8.03. The number of methoxy groups -OCH3 is 2. The van der Waals surface area contributed by atoms with Gasteiger partial charge >= 0.3 is 0 Å². The average molecular weight is 414 g/mol. The molecule has 1 heterocycles. The largest absolute Gasteiger partial charge is 0.493 e. The second kappa shape index (κ2) is 9.00. The molecule has 30 heavy (non-hydrogen) atoms. The molecule has 1 amide bonds. The monoisotopic (exact) mass is 414 g/mol. The number of carbonyl (C=O) groups excluding carboxylic acids is 1. The Balaban J connectivity index is 1.86. The van der Waals surface area contributed by atoms with E-state index in [1.165, 1.54) is 20.3 Å².